The van der Waals surface area contributed by atoms with E-state index >= 15 is 0 Å². The Bertz CT molecular complexity index is 1190. The highest BCUT2D eigenvalue weighted by atomic mass is 32.1. The van der Waals surface area contributed by atoms with E-state index < -0.39 is 29.7 Å². The first kappa shape index (κ1) is 20.6. The maximum absolute atomic E-state index is 14.3. The van der Waals surface area contributed by atoms with Crippen LogP contribution in [0.3, 0.4) is 0 Å². The van der Waals surface area contributed by atoms with Crippen molar-refractivity contribution in [1.29, 1.82) is 0 Å². The number of imide groups is 1. The van der Waals surface area contributed by atoms with Crippen LogP contribution in [-0.4, -0.2) is 18.2 Å². The molecule has 0 fully saturated rings. The van der Waals surface area contributed by atoms with E-state index in [0.29, 0.717) is 9.78 Å². The number of carbonyl (C=O) groups is 2. The molecule has 0 unspecified atom stereocenters. The zero-order valence-corrected chi connectivity index (χ0v) is 16.3. The Balaban J connectivity index is 1.75. The van der Waals surface area contributed by atoms with E-state index in [0.717, 1.165) is 18.2 Å². The van der Waals surface area contributed by atoms with Gasteiger partial charge in [0.15, 0.2) is 0 Å². The molecule has 5 nitrogen and oxygen atoms in total. The number of alkyl halides is 3. The van der Waals surface area contributed by atoms with Crippen LogP contribution in [0.5, 0.6) is 5.75 Å². The molecule has 0 atom stereocenters. The van der Waals surface area contributed by atoms with E-state index in [1.165, 1.54) is 41.7 Å². The molecule has 0 aliphatic carbocycles. The lowest BCUT2D eigenvalue weighted by Gasteiger charge is -2.16. The van der Waals surface area contributed by atoms with Gasteiger partial charge in [0.2, 0.25) is 0 Å². The Morgan fingerprint density at radius 1 is 0.935 bits per heavy atom. The molecular weight excluding hydrogens is 436 g/mol. The van der Waals surface area contributed by atoms with E-state index in [2.05, 4.69) is 10.1 Å². The second-order valence-corrected chi connectivity index (χ2v) is 7.27. The summed E-state index contributed by atoms with van der Waals surface area (Å²) in [5.41, 5.74) is -0.329. The van der Waals surface area contributed by atoms with E-state index in [4.69, 9.17) is 0 Å². The highest BCUT2D eigenvalue weighted by Gasteiger charge is 2.41. The van der Waals surface area contributed by atoms with Crippen LogP contribution in [0, 0.1) is 5.82 Å². The summed E-state index contributed by atoms with van der Waals surface area (Å²) in [7, 11) is 0. The van der Waals surface area contributed by atoms with Gasteiger partial charge in [-0.25, -0.2) is 9.29 Å². The minimum atomic E-state index is -4.89. The third-order valence-corrected chi connectivity index (χ3v) is 5.17. The first-order chi connectivity index (χ1) is 14.7. The minimum Gasteiger partial charge on any atom is -0.406 e. The standard InChI is InChI=1S/C21H12F4N2O3S/c22-14-7-1-2-8-15(14)27-19(28)17(16-9-4-10-31-16)18(20(27)29)26-12-5-3-6-13(11-12)30-21(23,24)25/h1-11,26H. The molecule has 0 saturated carbocycles. The van der Waals surface area contributed by atoms with Crippen molar-refractivity contribution in [2.24, 2.45) is 0 Å². The number of hydrogen-bond donors (Lipinski definition) is 1. The highest BCUT2D eigenvalue weighted by Crippen LogP contribution is 2.36. The number of anilines is 2. The Morgan fingerprint density at radius 2 is 1.71 bits per heavy atom. The summed E-state index contributed by atoms with van der Waals surface area (Å²) in [5, 5.41) is 4.40. The molecule has 0 radical (unpaired) electrons. The topological polar surface area (TPSA) is 58.6 Å². The van der Waals surface area contributed by atoms with Gasteiger partial charge >= 0.3 is 6.36 Å². The number of carbonyl (C=O) groups excluding carboxylic acids is 2. The lowest BCUT2D eigenvalue weighted by atomic mass is 10.2. The average Bonchev–Trinajstić information content (AvgIpc) is 3.29. The quantitative estimate of drug-likeness (QED) is 0.432. The SMILES string of the molecule is O=C1C(Nc2cccc(OC(F)(F)F)c2)=C(c2cccs2)C(=O)N1c1ccccc1F. The Hall–Kier alpha value is -3.66. The molecular formula is C21H12F4N2O3S. The largest absolute Gasteiger partial charge is 0.573 e. The molecule has 1 N–H and O–H groups in total. The summed E-state index contributed by atoms with van der Waals surface area (Å²) in [6.45, 7) is 0. The van der Waals surface area contributed by atoms with Crippen molar-refractivity contribution < 1.29 is 31.9 Å². The van der Waals surface area contributed by atoms with Crippen LogP contribution in [0.4, 0.5) is 28.9 Å². The summed E-state index contributed by atoms with van der Waals surface area (Å²) >= 11 is 1.19. The molecule has 3 aromatic rings. The van der Waals surface area contributed by atoms with Crippen LogP contribution < -0.4 is 15.0 Å². The number of ether oxygens (including phenoxy) is 1. The third-order valence-electron chi connectivity index (χ3n) is 4.28. The predicted molar refractivity (Wildman–Crippen MR) is 107 cm³/mol. The van der Waals surface area contributed by atoms with E-state index in [-0.39, 0.29) is 22.6 Å². The molecule has 2 aromatic carbocycles. The van der Waals surface area contributed by atoms with Gasteiger partial charge in [0.25, 0.3) is 11.8 Å². The lowest BCUT2D eigenvalue weighted by Crippen LogP contribution is -2.33. The second kappa shape index (κ2) is 7.88. The number of amides is 2. The van der Waals surface area contributed by atoms with E-state index in [1.807, 2.05) is 0 Å². The molecule has 1 aliphatic rings. The van der Waals surface area contributed by atoms with E-state index in [1.54, 1.807) is 17.5 Å². The van der Waals surface area contributed by atoms with Crippen molar-refractivity contribution in [2.75, 3.05) is 10.2 Å². The first-order valence-corrected chi connectivity index (χ1v) is 9.67. The second-order valence-electron chi connectivity index (χ2n) is 6.33. The van der Waals surface area contributed by atoms with Crippen molar-refractivity contribution in [1.82, 2.24) is 0 Å². The van der Waals surface area contributed by atoms with Gasteiger partial charge in [0.05, 0.1) is 11.3 Å². The molecule has 1 aliphatic heterocycles. The number of benzene rings is 2. The summed E-state index contributed by atoms with van der Waals surface area (Å²) < 4.78 is 55.8. The van der Waals surface area contributed by atoms with Crippen molar-refractivity contribution in [3.8, 4) is 5.75 Å². The fourth-order valence-electron chi connectivity index (χ4n) is 3.06. The zero-order chi connectivity index (χ0) is 22.2. The highest BCUT2D eigenvalue weighted by molar-refractivity contribution is 7.11. The molecule has 4 rings (SSSR count). The van der Waals surface area contributed by atoms with E-state index in [9.17, 15) is 27.2 Å². The van der Waals surface area contributed by atoms with Gasteiger partial charge in [0.1, 0.15) is 17.3 Å². The molecule has 0 saturated heterocycles. The van der Waals surface area contributed by atoms with Crippen LogP contribution in [0.1, 0.15) is 4.88 Å². The van der Waals surface area contributed by atoms with Gasteiger partial charge in [-0.15, -0.1) is 24.5 Å². The molecule has 0 spiro atoms. The summed E-state index contributed by atoms with van der Waals surface area (Å²) in [6.07, 6.45) is -4.89. The normalized spacial score (nSPS) is 14.4. The number of nitrogens with zero attached hydrogens (tertiary/aromatic N) is 1. The van der Waals surface area contributed by atoms with Crippen molar-refractivity contribution in [3.63, 3.8) is 0 Å². The molecule has 1 aromatic heterocycles. The predicted octanol–water partition coefficient (Wildman–Crippen LogP) is 5.18. The van der Waals surface area contributed by atoms with Gasteiger partial charge in [-0.05, 0) is 35.7 Å². The number of thiophene rings is 1. The number of para-hydroxylation sites is 1. The molecule has 2 heterocycles. The van der Waals surface area contributed by atoms with Gasteiger partial charge in [-0.3, -0.25) is 9.59 Å². The maximum atomic E-state index is 14.3. The minimum absolute atomic E-state index is 0.00889. The average molecular weight is 448 g/mol. The van der Waals surface area contributed by atoms with Crippen molar-refractivity contribution in [3.05, 3.63) is 82.4 Å². The van der Waals surface area contributed by atoms with Crippen LogP contribution >= 0.6 is 11.3 Å². The number of rotatable bonds is 5. The Kier molecular flexibility index (Phi) is 5.24. The van der Waals surface area contributed by atoms with Gasteiger partial charge in [0, 0.05) is 16.6 Å². The van der Waals surface area contributed by atoms with Crippen LogP contribution in [0.25, 0.3) is 5.57 Å². The Morgan fingerprint density at radius 3 is 2.39 bits per heavy atom. The lowest BCUT2D eigenvalue weighted by molar-refractivity contribution is -0.274. The zero-order valence-electron chi connectivity index (χ0n) is 15.4. The smallest absolute Gasteiger partial charge is 0.406 e. The summed E-state index contributed by atoms with van der Waals surface area (Å²) in [6, 6.07) is 13.4. The van der Waals surface area contributed by atoms with Crippen LogP contribution in [0.15, 0.2) is 71.7 Å². The fraction of sp³-hybridized carbons (Fsp3) is 0.0476. The Labute approximate surface area is 177 Å². The van der Waals surface area contributed by atoms with Crippen molar-refractivity contribution >= 4 is 40.1 Å². The van der Waals surface area contributed by atoms with Crippen LogP contribution in [0.2, 0.25) is 0 Å². The van der Waals surface area contributed by atoms with Crippen molar-refractivity contribution in [2.45, 2.75) is 6.36 Å². The molecule has 31 heavy (non-hydrogen) atoms. The third kappa shape index (κ3) is 4.15. The molecule has 0 bridgehead atoms. The van der Waals surface area contributed by atoms with Gasteiger partial charge in [-0.1, -0.05) is 24.3 Å². The van der Waals surface area contributed by atoms with Crippen LogP contribution in [-0.2, 0) is 9.59 Å². The first-order valence-electron chi connectivity index (χ1n) is 8.79. The molecule has 10 heteroatoms. The van der Waals surface area contributed by atoms with Gasteiger partial charge < -0.3 is 10.1 Å². The number of nitrogens with one attached hydrogen (secondary N) is 1. The van der Waals surface area contributed by atoms with Gasteiger partial charge in [-0.2, -0.15) is 0 Å². The summed E-state index contributed by atoms with van der Waals surface area (Å²) in [4.78, 5) is 27.3. The summed E-state index contributed by atoms with van der Waals surface area (Å²) in [5.74, 6) is -2.85. The maximum Gasteiger partial charge on any atom is 0.573 e. The number of hydrogen-bond acceptors (Lipinski definition) is 5. The molecule has 2 amide bonds. The monoisotopic (exact) mass is 448 g/mol. The number of halogens is 4. The molecule has 158 valence electrons. The fourth-order valence-corrected chi connectivity index (χ4v) is 3.83.